The lowest BCUT2D eigenvalue weighted by Crippen LogP contribution is -2.10. The van der Waals surface area contributed by atoms with E-state index in [0.29, 0.717) is 0 Å². The van der Waals surface area contributed by atoms with Crippen molar-refractivity contribution in [2.75, 3.05) is 4.90 Å². The highest BCUT2D eigenvalue weighted by Gasteiger charge is 2.24. The summed E-state index contributed by atoms with van der Waals surface area (Å²) < 4.78 is 7.55. The van der Waals surface area contributed by atoms with Crippen molar-refractivity contribution >= 4 is 123 Å². The highest BCUT2D eigenvalue weighted by molar-refractivity contribution is 7.27. The summed E-state index contributed by atoms with van der Waals surface area (Å²) in [4.78, 5) is 2.53. The van der Waals surface area contributed by atoms with Gasteiger partial charge in [0.2, 0.25) is 0 Å². The van der Waals surface area contributed by atoms with Crippen LogP contribution in [0.4, 0.5) is 17.1 Å². The monoisotopic (exact) mass is 874 g/mol. The third-order valence-electron chi connectivity index (χ3n) is 13.6. The van der Waals surface area contributed by atoms with E-state index in [1.807, 2.05) is 22.7 Å². The molecule has 66 heavy (non-hydrogen) atoms. The minimum absolute atomic E-state index is 1.12. The van der Waals surface area contributed by atoms with Gasteiger partial charge in [0.25, 0.3) is 0 Å². The minimum Gasteiger partial charge on any atom is -0.309 e. The van der Waals surface area contributed by atoms with Gasteiger partial charge in [0.05, 0.1) is 27.1 Å². The van der Waals surface area contributed by atoms with Crippen LogP contribution in [0.15, 0.2) is 231 Å². The largest absolute Gasteiger partial charge is 0.309 e. The van der Waals surface area contributed by atoms with Gasteiger partial charge in [-0.05, 0) is 111 Å². The number of thiophene rings is 2. The summed E-state index contributed by atoms with van der Waals surface area (Å²) >= 11 is 3.77. The molecular formula is C62H38N2S2. The van der Waals surface area contributed by atoms with Gasteiger partial charge in [-0.1, -0.05) is 164 Å². The van der Waals surface area contributed by atoms with Gasteiger partial charge in [0, 0.05) is 57.8 Å². The minimum atomic E-state index is 1.12. The molecule has 2 nitrogen and oxygen atoms in total. The van der Waals surface area contributed by atoms with E-state index in [4.69, 9.17) is 0 Å². The van der Waals surface area contributed by atoms with E-state index in [-0.39, 0.29) is 0 Å². The Labute approximate surface area is 389 Å². The van der Waals surface area contributed by atoms with Gasteiger partial charge < -0.3 is 9.47 Å². The fourth-order valence-electron chi connectivity index (χ4n) is 10.6. The van der Waals surface area contributed by atoms with Crippen LogP contribution >= 0.6 is 22.7 Å². The Morgan fingerprint density at radius 2 is 0.924 bits per heavy atom. The molecule has 0 atom stereocenters. The number of para-hydroxylation sites is 2. The SMILES string of the molecule is c1cc(-c2ccc(N(c3ccc(-c4cc5ccccc5c5ccccc45)cc3)c3cccc4c3sc3ccccc34)c3c2sc2ccccc23)cc(-n2c3ccccc3c3ccccc32)c1. The summed E-state index contributed by atoms with van der Waals surface area (Å²) in [5.74, 6) is 0. The standard InChI is InChI=1S/C62H38N2S2/c1-2-18-44-41(15-1)38-53(47-20-4-3-19-46(44)47)39-31-33-42(34-32-39)63(57-28-14-25-51-50-23-7-11-29-58(50)65-61(51)57)56-36-35-45(62-60(56)52-24-8-12-30-59(52)66-62)40-16-13-17-43(37-40)64-54-26-9-5-21-48(54)49-22-6-10-27-55(49)64/h1-38H. The molecule has 0 aliphatic carbocycles. The molecule has 308 valence electrons. The molecule has 0 spiro atoms. The zero-order chi connectivity index (χ0) is 43.3. The van der Waals surface area contributed by atoms with E-state index in [1.165, 1.54) is 117 Å². The number of anilines is 3. The quantitative estimate of drug-likeness (QED) is 0.151. The molecule has 0 N–H and O–H groups in total. The number of rotatable bonds is 6. The first-order chi connectivity index (χ1) is 32.7. The first-order valence-electron chi connectivity index (χ1n) is 22.5. The molecule has 0 saturated heterocycles. The first kappa shape index (κ1) is 37.4. The average molecular weight is 875 g/mol. The Hall–Kier alpha value is -8.02. The van der Waals surface area contributed by atoms with Gasteiger partial charge in [-0.3, -0.25) is 0 Å². The van der Waals surface area contributed by atoms with Crippen molar-refractivity contribution in [3.05, 3.63) is 231 Å². The summed E-state index contributed by atoms with van der Waals surface area (Å²) in [6.45, 7) is 0. The average Bonchev–Trinajstić information content (AvgIpc) is 4.07. The van der Waals surface area contributed by atoms with Crippen LogP contribution in [0, 0.1) is 0 Å². The maximum absolute atomic E-state index is 2.53. The summed E-state index contributed by atoms with van der Waals surface area (Å²) in [5, 5.41) is 12.7. The summed E-state index contributed by atoms with van der Waals surface area (Å²) in [7, 11) is 0. The lowest BCUT2D eigenvalue weighted by atomic mass is 9.93. The van der Waals surface area contributed by atoms with Gasteiger partial charge in [0.15, 0.2) is 0 Å². The van der Waals surface area contributed by atoms with Crippen molar-refractivity contribution < 1.29 is 0 Å². The molecule has 0 unspecified atom stereocenters. The molecule has 4 heteroatoms. The molecule has 0 saturated carbocycles. The molecule has 14 aromatic rings. The van der Waals surface area contributed by atoms with Gasteiger partial charge in [-0.15, -0.1) is 22.7 Å². The van der Waals surface area contributed by atoms with Crippen molar-refractivity contribution in [2.45, 2.75) is 0 Å². The summed E-state index contributed by atoms with van der Waals surface area (Å²) in [6.07, 6.45) is 0. The second-order valence-corrected chi connectivity index (χ2v) is 19.3. The fourth-order valence-corrected chi connectivity index (χ4v) is 13.1. The van der Waals surface area contributed by atoms with Gasteiger partial charge in [-0.25, -0.2) is 0 Å². The zero-order valence-electron chi connectivity index (χ0n) is 35.7. The van der Waals surface area contributed by atoms with Crippen LogP contribution in [0.1, 0.15) is 0 Å². The smallest absolute Gasteiger partial charge is 0.0640 e. The molecular weight excluding hydrogens is 837 g/mol. The zero-order valence-corrected chi connectivity index (χ0v) is 37.3. The maximum Gasteiger partial charge on any atom is 0.0640 e. The number of aromatic nitrogens is 1. The second kappa shape index (κ2) is 14.8. The number of hydrogen-bond donors (Lipinski definition) is 0. The Kier molecular flexibility index (Phi) is 8.36. The van der Waals surface area contributed by atoms with E-state index < -0.39 is 0 Å². The van der Waals surface area contributed by atoms with Crippen LogP contribution in [-0.2, 0) is 0 Å². The topological polar surface area (TPSA) is 8.17 Å². The van der Waals surface area contributed by atoms with Crippen molar-refractivity contribution in [3.63, 3.8) is 0 Å². The number of benzene rings is 11. The third-order valence-corrected chi connectivity index (χ3v) is 16.0. The predicted octanol–water partition coefficient (Wildman–Crippen LogP) is 18.6. The maximum atomic E-state index is 2.53. The highest BCUT2D eigenvalue weighted by Crippen LogP contribution is 2.51. The van der Waals surface area contributed by atoms with Crippen LogP contribution in [0.5, 0.6) is 0 Å². The van der Waals surface area contributed by atoms with E-state index >= 15 is 0 Å². The third kappa shape index (κ3) is 5.66. The Morgan fingerprint density at radius 1 is 0.333 bits per heavy atom. The van der Waals surface area contributed by atoms with Crippen LogP contribution < -0.4 is 4.90 Å². The Bertz CT molecular complexity index is 4190. The summed E-state index contributed by atoms with van der Waals surface area (Å²) in [6, 6.07) is 85.2. The Morgan fingerprint density at radius 3 is 1.70 bits per heavy atom. The van der Waals surface area contributed by atoms with Crippen molar-refractivity contribution in [1.82, 2.24) is 4.57 Å². The molecule has 0 radical (unpaired) electrons. The number of nitrogens with zero attached hydrogens (tertiary/aromatic N) is 2. The molecule has 0 amide bonds. The van der Waals surface area contributed by atoms with E-state index in [2.05, 4.69) is 240 Å². The molecule has 3 aromatic heterocycles. The molecule has 14 rings (SSSR count). The number of hydrogen-bond acceptors (Lipinski definition) is 3. The second-order valence-electron chi connectivity index (χ2n) is 17.2. The number of fused-ring (bicyclic) bond motifs is 12. The van der Waals surface area contributed by atoms with Crippen LogP contribution in [0.2, 0.25) is 0 Å². The van der Waals surface area contributed by atoms with Crippen molar-refractivity contribution in [2.24, 2.45) is 0 Å². The lowest BCUT2D eigenvalue weighted by Gasteiger charge is -2.28. The summed E-state index contributed by atoms with van der Waals surface area (Å²) in [5.41, 5.74) is 11.9. The predicted molar refractivity (Wildman–Crippen MR) is 287 cm³/mol. The molecule has 3 heterocycles. The Balaban J connectivity index is 0.995. The van der Waals surface area contributed by atoms with Crippen LogP contribution in [-0.4, -0.2) is 4.57 Å². The van der Waals surface area contributed by atoms with E-state index in [1.54, 1.807) is 0 Å². The molecule has 0 aliphatic heterocycles. The van der Waals surface area contributed by atoms with Crippen molar-refractivity contribution in [1.29, 1.82) is 0 Å². The fraction of sp³-hybridized carbons (Fsp3) is 0. The van der Waals surface area contributed by atoms with Gasteiger partial charge >= 0.3 is 0 Å². The molecule has 11 aromatic carbocycles. The lowest BCUT2D eigenvalue weighted by molar-refractivity contribution is 1.18. The first-order valence-corrected chi connectivity index (χ1v) is 24.1. The van der Waals surface area contributed by atoms with E-state index in [0.717, 1.165) is 11.4 Å². The normalized spacial score (nSPS) is 11.9. The highest BCUT2D eigenvalue weighted by atomic mass is 32.1. The van der Waals surface area contributed by atoms with Crippen molar-refractivity contribution in [3.8, 4) is 27.9 Å². The van der Waals surface area contributed by atoms with E-state index in [9.17, 15) is 0 Å². The van der Waals surface area contributed by atoms with Crippen LogP contribution in [0.3, 0.4) is 0 Å². The van der Waals surface area contributed by atoms with Gasteiger partial charge in [0.1, 0.15) is 0 Å². The molecule has 0 fully saturated rings. The molecule has 0 bridgehead atoms. The van der Waals surface area contributed by atoms with Gasteiger partial charge in [-0.2, -0.15) is 0 Å². The van der Waals surface area contributed by atoms with Crippen LogP contribution in [0.25, 0.3) is 112 Å². The molecule has 0 aliphatic rings.